The summed E-state index contributed by atoms with van der Waals surface area (Å²) in [5, 5.41) is 20.4. The van der Waals surface area contributed by atoms with Crippen LogP contribution in [0, 0.1) is 22.7 Å². The number of aryl methyl sites for hydroxylation is 2. The molecule has 2 aliphatic rings. The van der Waals surface area contributed by atoms with Crippen LogP contribution in [0.25, 0.3) is 22.3 Å². The van der Waals surface area contributed by atoms with Gasteiger partial charge in [-0.3, -0.25) is 0 Å². The van der Waals surface area contributed by atoms with Crippen molar-refractivity contribution in [2.24, 2.45) is 0 Å². The Labute approximate surface area is 233 Å². The lowest BCUT2D eigenvalue weighted by atomic mass is 9.72. The molecule has 4 heteroatoms. The van der Waals surface area contributed by atoms with Gasteiger partial charge in [-0.15, -0.1) is 0 Å². The number of rotatable bonds is 4. The Morgan fingerprint density at radius 2 is 0.900 bits per heavy atom. The molecular weight excluding hydrogens is 492 g/mol. The van der Waals surface area contributed by atoms with Crippen molar-refractivity contribution in [3.05, 3.63) is 130 Å². The molecule has 0 radical (unpaired) electrons. The highest BCUT2D eigenvalue weighted by Crippen LogP contribution is 2.49. The minimum absolute atomic E-state index is 0.527. The Balaban J connectivity index is 1.38. The van der Waals surface area contributed by atoms with E-state index in [2.05, 4.69) is 36.4 Å². The molecule has 0 saturated carbocycles. The normalized spacial score (nSPS) is 12.6. The van der Waals surface area contributed by atoms with E-state index in [-0.39, 0.29) is 0 Å². The molecule has 7 rings (SSSR count). The van der Waals surface area contributed by atoms with E-state index < -0.39 is 0 Å². The van der Waals surface area contributed by atoms with E-state index in [1.54, 1.807) is 0 Å². The van der Waals surface area contributed by atoms with Gasteiger partial charge in [-0.25, -0.2) is 0 Å². The summed E-state index contributed by atoms with van der Waals surface area (Å²) >= 11 is 0. The molecule has 0 amide bonds. The first kappa shape index (κ1) is 23.8. The Kier molecular flexibility index (Phi) is 5.81. The van der Waals surface area contributed by atoms with Crippen LogP contribution in [0.15, 0.2) is 97.1 Å². The minimum atomic E-state index is 0.527. The van der Waals surface area contributed by atoms with Crippen LogP contribution in [0.5, 0.6) is 23.0 Å². The molecule has 40 heavy (non-hydrogen) atoms. The number of ether oxygens (including phenoxy) is 2. The lowest BCUT2D eigenvalue weighted by Crippen LogP contribution is -2.15. The predicted octanol–water partition coefficient (Wildman–Crippen LogP) is 8.55. The monoisotopic (exact) mass is 516 g/mol. The maximum Gasteiger partial charge on any atom is 0.127 e. The predicted molar refractivity (Wildman–Crippen MR) is 155 cm³/mol. The van der Waals surface area contributed by atoms with Gasteiger partial charge in [-0.1, -0.05) is 48.5 Å². The van der Waals surface area contributed by atoms with E-state index in [0.717, 1.165) is 69.2 Å². The van der Waals surface area contributed by atoms with Crippen LogP contribution < -0.4 is 9.47 Å². The summed E-state index contributed by atoms with van der Waals surface area (Å²) in [6.45, 7) is 0. The minimum Gasteiger partial charge on any atom is -0.457 e. The number of hydrogen-bond donors (Lipinski definition) is 0. The highest BCUT2D eigenvalue weighted by Gasteiger charge is 2.32. The number of hydrogen-bond acceptors (Lipinski definition) is 4. The Bertz CT molecular complexity index is 1720. The molecule has 190 valence electrons. The van der Waals surface area contributed by atoms with Crippen molar-refractivity contribution in [3.8, 4) is 57.4 Å². The Morgan fingerprint density at radius 3 is 1.30 bits per heavy atom. The summed E-state index contributed by atoms with van der Waals surface area (Å²) in [5.41, 5.74) is 9.75. The Hall–Kier alpha value is -5.32. The van der Waals surface area contributed by atoms with Crippen LogP contribution in [-0.2, 0) is 25.7 Å². The number of fused-ring (bicyclic) bond motifs is 7. The van der Waals surface area contributed by atoms with Crippen LogP contribution in [0.2, 0.25) is 0 Å². The number of nitrogens with zero attached hydrogens (tertiary/aromatic N) is 2. The van der Waals surface area contributed by atoms with Crippen LogP contribution in [0.1, 0.15) is 33.4 Å². The van der Waals surface area contributed by atoms with Gasteiger partial charge in [0.2, 0.25) is 0 Å². The summed E-state index contributed by atoms with van der Waals surface area (Å²) in [7, 11) is 0. The zero-order valence-corrected chi connectivity index (χ0v) is 21.8. The summed E-state index contributed by atoms with van der Waals surface area (Å²) in [5.74, 6) is 3.17. The molecule has 0 spiro atoms. The molecular formula is C36H24N2O2. The van der Waals surface area contributed by atoms with E-state index >= 15 is 0 Å². The van der Waals surface area contributed by atoms with Gasteiger partial charge in [-0.2, -0.15) is 10.5 Å². The lowest BCUT2D eigenvalue weighted by molar-refractivity contribution is 0.481. The second kappa shape index (κ2) is 9.77. The largest absolute Gasteiger partial charge is 0.457 e. The quantitative estimate of drug-likeness (QED) is 0.240. The highest BCUT2D eigenvalue weighted by atomic mass is 16.5. The molecule has 2 aliphatic carbocycles. The molecule has 5 aromatic rings. The smallest absolute Gasteiger partial charge is 0.127 e. The van der Waals surface area contributed by atoms with Crippen molar-refractivity contribution in [1.82, 2.24) is 0 Å². The van der Waals surface area contributed by atoms with Crippen molar-refractivity contribution >= 4 is 0 Å². The molecule has 0 unspecified atom stereocenters. The van der Waals surface area contributed by atoms with Crippen LogP contribution in [-0.4, -0.2) is 0 Å². The van der Waals surface area contributed by atoms with E-state index in [9.17, 15) is 10.5 Å². The van der Waals surface area contributed by atoms with Crippen LogP contribution in [0.4, 0.5) is 0 Å². The van der Waals surface area contributed by atoms with Gasteiger partial charge in [0.25, 0.3) is 0 Å². The SMILES string of the molecule is N#Cc1c(C#N)c2c(c3c1CCc1cc(Oc4ccccc4)ccc1-3)-c1ccc(Oc3ccccc3)cc1CC2. The average Bonchev–Trinajstić information content (AvgIpc) is 3.00. The van der Waals surface area contributed by atoms with Gasteiger partial charge in [0.1, 0.15) is 35.1 Å². The molecule has 0 saturated heterocycles. The standard InChI is InChI=1S/C36H24N2O2/c37-21-33-31-15-11-23-19-27(39-25-7-3-1-4-8-25)13-17-29(23)35(31)36-30-18-14-28(40-26-9-5-2-6-10-26)20-24(30)12-16-32(36)34(33)22-38/h1-10,13-14,17-20H,11-12,15-16H2. The first-order valence-corrected chi connectivity index (χ1v) is 13.5. The second-order valence-corrected chi connectivity index (χ2v) is 10.1. The van der Waals surface area contributed by atoms with E-state index in [1.165, 1.54) is 11.1 Å². The summed E-state index contributed by atoms with van der Waals surface area (Å²) in [4.78, 5) is 0. The van der Waals surface area contributed by atoms with Gasteiger partial charge in [0, 0.05) is 0 Å². The third kappa shape index (κ3) is 3.99. The Morgan fingerprint density at radius 1 is 0.475 bits per heavy atom. The molecule has 5 aromatic carbocycles. The van der Waals surface area contributed by atoms with Gasteiger partial charge < -0.3 is 9.47 Å². The fraction of sp³-hybridized carbons (Fsp3) is 0.111. The van der Waals surface area contributed by atoms with Crippen molar-refractivity contribution in [2.45, 2.75) is 25.7 Å². The van der Waals surface area contributed by atoms with Gasteiger partial charge >= 0.3 is 0 Å². The van der Waals surface area contributed by atoms with Crippen molar-refractivity contribution in [1.29, 1.82) is 10.5 Å². The van der Waals surface area contributed by atoms with Crippen molar-refractivity contribution < 1.29 is 9.47 Å². The van der Waals surface area contributed by atoms with Gasteiger partial charge in [-0.05, 0) is 119 Å². The molecule has 0 N–H and O–H groups in total. The van der Waals surface area contributed by atoms with E-state index in [0.29, 0.717) is 24.0 Å². The zero-order valence-electron chi connectivity index (χ0n) is 21.8. The third-order valence-corrected chi connectivity index (χ3v) is 7.87. The maximum absolute atomic E-state index is 10.2. The zero-order chi connectivity index (χ0) is 27.1. The third-order valence-electron chi connectivity index (χ3n) is 7.87. The van der Waals surface area contributed by atoms with E-state index in [1.807, 2.05) is 72.8 Å². The van der Waals surface area contributed by atoms with Gasteiger partial charge in [0.05, 0.1) is 11.1 Å². The van der Waals surface area contributed by atoms with Crippen LogP contribution >= 0.6 is 0 Å². The lowest BCUT2D eigenvalue weighted by Gasteiger charge is -2.31. The summed E-state index contributed by atoms with van der Waals surface area (Å²) in [6.07, 6.45) is 2.96. The molecule has 0 aromatic heterocycles. The number of nitriles is 2. The summed E-state index contributed by atoms with van der Waals surface area (Å²) in [6, 6.07) is 36.8. The van der Waals surface area contributed by atoms with Crippen molar-refractivity contribution in [2.75, 3.05) is 0 Å². The van der Waals surface area contributed by atoms with Gasteiger partial charge in [0.15, 0.2) is 0 Å². The molecule has 4 nitrogen and oxygen atoms in total. The molecule has 0 atom stereocenters. The van der Waals surface area contributed by atoms with Crippen molar-refractivity contribution in [3.63, 3.8) is 0 Å². The molecule has 0 aliphatic heterocycles. The number of para-hydroxylation sites is 2. The first-order chi connectivity index (χ1) is 19.7. The van der Waals surface area contributed by atoms with Crippen LogP contribution in [0.3, 0.4) is 0 Å². The highest BCUT2D eigenvalue weighted by molar-refractivity contribution is 5.95. The second-order valence-electron chi connectivity index (χ2n) is 10.1. The average molecular weight is 517 g/mol. The fourth-order valence-corrected chi connectivity index (χ4v) is 6.13. The topological polar surface area (TPSA) is 66.0 Å². The summed E-state index contributed by atoms with van der Waals surface area (Å²) < 4.78 is 12.3. The fourth-order valence-electron chi connectivity index (χ4n) is 6.13. The molecule has 0 bridgehead atoms. The maximum atomic E-state index is 10.2. The molecule has 0 fully saturated rings. The number of benzene rings is 5. The first-order valence-electron chi connectivity index (χ1n) is 13.5. The van der Waals surface area contributed by atoms with E-state index in [4.69, 9.17) is 9.47 Å². The molecule has 0 heterocycles.